The fraction of sp³-hybridized carbons (Fsp3) is 0.850. The van der Waals surface area contributed by atoms with Gasteiger partial charge >= 0.3 is 29.6 Å². The number of allylic oxidation sites excluding steroid dienone is 2. The molecule has 0 aromatic carbocycles. The van der Waals surface area contributed by atoms with Gasteiger partial charge in [-0.3, -0.25) is 9.35 Å². The zero-order valence-corrected chi connectivity index (χ0v) is 20.3. The van der Waals surface area contributed by atoms with E-state index in [0.717, 1.165) is 32.1 Å². The van der Waals surface area contributed by atoms with Gasteiger partial charge in [0.25, 0.3) is 10.1 Å². The Labute approximate surface area is 190 Å². The molecular weight excluding hydrogens is 373 g/mol. The minimum atomic E-state index is -4.37. The summed E-state index contributed by atoms with van der Waals surface area (Å²) < 4.78 is 31.0. The molecule has 1 unspecified atom stereocenters. The number of hydrogen-bond acceptors (Lipinski definition) is 4. The van der Waals surface area contributed by atoms with Crippen molar-refractivity contribution in [1.29, 1.82) is 0 Å². The van der Waals surface area contributed by atoms with Crippen LogP contribution < -0.4 is 35.3 Å². The van der Waals surface area contributed by atoms with E-state index in [2.05, 4.69) is 19.1 Å². The molecule has 156 valence electrons. The Morgan fingerprint density at radius 1 is 0.926 bits per heavy atom. The predicted molar refractivity (Wildman–Crippen MR) is 110 cm³/mol. The maximum absolute atomic E-state index is 11.7. The third-order valence-corrected chi connectivity index (χ3v) is 5.79. The molecule has 0 aromatic heterocycles. The largest absolute Gasteiger partial charge is 1.00 e. The van der Waals surface area contributed by atoms with Crippen LogP contribution in [0, 0.1) is 0 Å². The molecule has 0 saturated carbocycles. The molecule has 3 N–H and O–H groups in total. The van der Waals surface area contributed by atoms with Crippen molar-refractivity contribution in [3.63, 3.8) is 0 Å². The van der Waals surface area contributed by atoms with E-state index >= 15 is 0 Å². The second-order valence-electron chi connectivity index (χ2n) is 7.04. The van der Waals surface area contributed by atoms with Crippen molar-refractivity contribution in [3.8, 4) is 0 Å². The first-order valence-corrected chi connectivity index (χ1v) is 11.8. The Hall–Kier alpha value is 0.280. The molecular formula is C20H40NNaO4S. The van der Waals surface area contributed by atoms with E-state index in [4.69, 9.17) is 10.3 Å². The van der Waals surface area contributed by atoms with Crippen molar-refractivity contribution in [1.82, 2.24) is 0 Å². The van der Waals surface area contributed by atoms with Crippen LogP contribution in [0.3, 0.4) is 0 Å². The molecule has 7 heteroatoms. The Kier molecular flexibility index (Phi) is 21.4. The predicted octanol–water partition coefficient (Wildman–Crippen LogP) is 1.92. The van der Waals surface area contributed by atoms with E-state index in [0.29, 0.717) is 6.42 Å². The molecule has 5 nitrogen and oxygen atoms in total. The maximum Gasteiger partial charge on any atom is 1.00 e. The van der Waals surface area contributed by atoms with Gasteiger partial charge in [-0.1, -0.05) is 70.4 Å². The molecule has 0 spiro atoms. The van der Waals surface area contributed by atoms with Crippen LogP contribution in [-0.2, 0) is 14.9 Å². The average Bonchev–Trinajstić information content (AvgIpc) is 2.57. The Morgan fingerprint density at radius 3 is 1.81 bits per heavy atom. The number of Topliss-reactive ketones (excluding diaryl/α,β-unsaturated/α-hetero) is 1. The zero-order chi connectivity index (χ0) is 19.7. The summed E-state index contributed by atoms with van der Waals surface area (Å²) in [5.74, 6) is -0.479. The number of hydrogen-bond donors (Lipinski definition) is 2. The molecule has 0 aliphatic rings. The second-order valence-corrected chi connectivity index (χ2v) is 8.64. The van der Waals surface area contributed by atoms with Crippen molar-refractivity contribution in [2.75, 3.05) is 6.54 Å². The van der Waals surface area contributed by atoms with Gasteiger partial charge in [-0.25, -0.2) is 0 Å². The molecule has 0 radical (unpaired) electrons. The fourth-order valence-corrected chi connectivity index (χ4v) is 3.64. The van der Waals surface area contributed by atoms with Crippen LogP contribution >= 0.6 is 0 Å². The number of carbonyl (C=O) groups is 1. The summed E-state index contributed by atoms with van der Waals surface area (Å²) in [7, 11) is -4.37. The van der Waals surface area contributed by atoms with Gasteiger partial charge in [0.05, 0.1) is 0 Å². The SMILES string of the molecule is CCCCCCCCC=CCCCCCCCC(=O)C(CN)S(=O)(=O)O.[H-].[Na+]. The first-order valence-electron chi connectivity index (χ1n) is 10.3. The zero-order valence-electron chi connectivity index (χ0n) is 18.5. The summed E-state index contributed by atoms with van der Waals surface area (Å²) in [4.78, 5) is 11.7. The summed E-state index contributed by atoms with van der Waals surface area (Å²) in [6, 6.07) is 0. The van der Waals surface area contributed by atoms with E-state index < -0.39 is 21.2 Å². The van der Waals surface area contributed by atoms with Crippen molar-refractivity contribution in [2.24, 2.45) is 5.73 Å². The second kappa shape index (κ2) is 19.6. The van der Waals surface area contributed by atoms with Crippen molar-refractivity contribution >= 4 is 15.9 Å². The number of ketones is 1. The first-order chi connectivity index (χ1) is 12.4. The van der Waals surface area contributed by atoms with E-state index in [1.807, 2.05) is 0 Å². The molecule has 0 rings (SSSR count). The summed E-state index contributed by atoms with van der Waals surface area (Å²) in [5.41, 5.74) is 5.25. The quantitative estimate of drug-likeness (QED) is 0.155. The Morgan fingerprint density at radius 2 is 1.37 bits per heavy atom. The van der Waals surface area contributed by atoms with Crippen LogP contribution in [0.5, 0.6) is 0 Å². The van der Waals surface area contributed by atoms with Crippen molar-refractivity contribution in [3.05, 3.63) is 12.2 Å². The standard InChI is InChI=1S/C20H39NO4S.Na.H/c1-2-3-4-5-6-7-8-9-10-11-12-13-14-15-16-17-19(22)20(18-21)26(23,24)25;;/h9-10,20H,2-8,11-18,21H2,1H3,(H,23,24,25);;/q;+1;-1. The normalized spacial score (nSPS) is 12.9. The fourth-order valence-electron chi connectivity index (χ4n) is 2.95. The van der Waals surface area contributed by atoms with Gasteiger partial charge in [0.2, 0.25) is 0 Å². The van der Waals surface area contributed by atoms with Gasteiger partial charge in [0.15, 0.2) is 11.0 Å². The summed E-state index contributed by atoms with van der Waals surface area (Å²) in [6.07, 6.45) is 19.9. The summed E-state index contributed by atoms with van der Waals surface area (Å²) >= 11 is 0. The molecule has 0 aliphatic heterocycles. The smallest absolute Gasteiger partial charge is 1.00 e. The monoisotopic (exact) mass is 413 g/mol. The van der Waals surface area contributed by atoms with Crippen molar-refractivity contribution < 1.29 is 48.7 Å². The molecule has 0 aliphatic carbocycles. The van der Waals surface area contributed by atoms with Gasteiger partial charge in [-0.05, 0) is 32.1 Å². The Balaban J connectivity index is -0.00000312. The average molecular weight is 414 g/mol. The third kappa shape index (κ3) is 18.1. The molecule has 0 saturated heterocycles. The molecule has 1 atom stereocenters. The van der Waals surface area contributed by atoms with Gasteiger partial charge in [-0.15, -0.1) is 0 Å². The van der Waals surface area contributed by atoms with Crippen LogP contribution in [0.2, 0.25) is 0 Å². The molecule has 0 amide bonds. The number of nitrogens with two attached hydrogens (primary N) is 1. The number of rotatable bonds is 18. The van der Waals surface area contributed by atoms with Gasteiger partial charge in [-0.2, -0.15) is 8.42 Å². The third-order valence-electron chi connectivity index (χ3n) is 4.62. The molecule has 0 fully saturated rings. The molecule has 27 heavy (non-hydrogen) atoms. The minimum Gasteiger partial charge on any atom is -1.00 e. The van der Waals surface area contributed by atoms with Crippen LogP contribution in [0.25, 0.3) is 0 Å². The minimum absolute atomic E-state index is 0. The van der Waals surface area contributed by atoms with Gasteiger partial charge in [0, 0.05) is 13.0 Å². The van der Waals surface area contributed by atoms with Crippen molar-refractivity contribution in [2.45, 2.75) is 102 Å². The molecule has 0 heterocycles. The molecule has 0 bridgehead atoms. The molecule has 0 aromatic rings. The number of unbranched alkanes of at least 4 members (excludes halogenated alkanes) is 11. The topological polar surface area (TPSA) is 97.5 Å². The summed E-state index contributed by atoms with van der Waals surface area (Å²) in [5, 5.41) is -1.46. The van der Waals surface area contributed by atoms with E-state index in [-0.39, 0.29) is 43.9 Å². The van der Waals surface area contributed by atoms with E-state index in [9.17, 15) is 13.2 Å². The van der Waals surface area contributed by atoms with Crippen LogP contribution in [0.4, 0.5) is 0 Å². The Bertz CT molecular complexity index is 487. The number of carbonyl (C=O) groups excluding carboxylic acids is 1. The van der Waals surface area contributed by atoms with Crippen LogP contribution in [0.1, 0.15) is 98.2 Å². The van der Waals surface area contributed by atoms with Crippen LogP contribution in [0.15, 0.2) is 12.2 Å². The van der Waals surface area contributed by atoms with E-state index in [1.165, 1.54) is 44.9 Å². The maximum atomic E-state index is 11.7. The van der Waals surface area contributed by atoms with E-state index in [1.54, 1.807) is 0 Å². The van der Waals surface area contributed by atoms with Gasteiger partial charge < -0.3 is 7.16 Å². The summed E-state index contributed by atoms with van der Waals surface area (Å²) in [6.45, 7) is 1.88. The van der Waals surface area contributed by atoms with Crippen LogP contribution in [-0.4, -0.2) is 30.5 Å². The van der Waals surface area contributed by atoms with Gasteiger partial charge in [0.1, 0.15) is 0 Å². The first kappa shape index (κ1) is 29.5.